The highest BCUT2D eigenvalue weighted by atomic mass is 16.6. The molecule has 0 aliphatic carbocycles. The van der Waals surface area contributed by atoms with Crippen LogP contribution in [0.1, 0.15) is 28.7 Å². The lowest BCUT2D eigenvalue weighted by molar-refractivity contribution is 0.0495. The molecule has 0 aromatic heterocycles. The second-order valence-electron chi connectivity index (χ2n) is 2.90. The molecule has 19 heavy (non-hydrogen) atoms. The monoisotopic (exact) mass is 277 g/mol. The van der Waals surface area contributed by atoms with Crippen molar-refractivity contribution >= 4 is 12.2 Å². The van der Waals surface area contributed by atoms with Gasteiger partial charge < -0.3 is 19.5 Å². The summed E-state index contributed by atoms with van der Waals surface area (Å²) < 4.78 is 13.7. The van der Waals surface area contributed by atoms with E-state index in [1.54, 1.807) is 13.8 Å². The second-order valence-corrected chi connectivity index (χ2v) is 2.90. The first-order chi connectivity index (χ1) is 8.10. The normalized spacial score (nSPS) is 9.53. The molecule has 0 aliphatic rings. The van der Waals surface area contributed by atoms with E-state index in [1.165, 1.54) is 6.26 Å². The molecule has 0 spiro atoms. The van der Waals surface area contributed by atoms with Crippen LogP contribution in [0, 0.1) is 11.5 Å². The van der Waals surface area contributed by atoms with E-state index in [0.29, 0.717) is 6.54 Å². The SMILES string of the molecule is C.C.CCNC(=O)OCC(C)OC(=O)NCOC#N. The molecule has 0 saturated heterocycles. The number of nitrogens with zero attached hydrogens (tertiary/aromatic N) is 1. The molecular formula is C11H23N3O5. The highest BCUT2D eigenvalue weighted by molar-refractivity contribution is 5.68. The van der Waals surface area contributed by atoms with E-state index >= 15 is 0 Å². The topological polar surface area (TPSA) is 110 Å². The second kappa shape index (κ2) is 13.9. The van der Waals surface area contributed by atoms with Crippen molar-refractivity contribution in [1.82, 2.24) is 10.6 Å². The summed E-state index contributed by atoms with van der Waals surface area (Å²) in [5, 5.41) is 12.6. The van der Waals surface area contributed by atoms with Crippen LogP contribution in [0.15, 0.2) is 0 Å². The number of carbonyl (C=O) groups is 2. The molecule has 8 heteroatoms. The quantitative estimate of drug-likeness (QED) is 0.433. The Balaban J connectivity index is -0.00000128. The molecule has 112 valence electrons. The fourth-order valence-corrected chi connectivity index (χ4v) is 0.774. The molecule has 0 fully saturated rings. The predicted octanol–water partition coefficient (Wildman–Crippen LogP) is 1.57. The summed E-state index contributed by atoms with van der Waals surface area (Å²) in [6, 6.07) is 0. The average molecular weight is 277 g/mol. The van der Waals surface area contributed by atoms with E-state index in [1.807, 2.05) is 0 Å². The zero-order valence-corrected chi connectivity index (χ0v) is 9.69. The molecule has 0 bridgehead atoms. The third kappa shape index (κ3) is 13.8. The number of alkyl carbamates (subject to hydrolysis) is 2. The van der Waals surface area contributed by atoms with Crippen LogP contribution >= 0.6 is 0 Å². The molecule has 1 unspecified atom stereocenters. The van der Waals surface area contributed by atoms with Gasteiger partial charge in [-0.15, -0.1) is 0 Å². The van der Waals surface area contributed by atoms with Gasteiger partial charge in [-0.1, -0.05) is 14.9 Å². The van der Waals surface area contributed by atoms with Gasteiger partial charge in [0.25, 0.3) is 6.26 Å². The Morgan fingerprint density at radius 2 is 1.89 bits per heavy atom. The van der Waals surface area contributed by atoms with Crippen LogP contribution in [0.3, 0.4) is 0 Å². The summed E-state index contributed by atoms with van der Waals surface area (Å²) in [5.41, 5.74) is 0. The molecule has 0 saturated carbocycles. The summed E-state index contributed by atoms with van der Waals surface area (Å²) in [7, 11) is 0. The van der Waals surface area contributed by atoms with Gasteiger partial charge in [0.05, 0.1) is 0 Å². The Morgan fingerprint density at radius 1 is 1.26 bits per heavy atom. The molecule has 1 atom stereocenters. The third-order valence-corrected chi connectivity index (χ3v) is 1.43. The van der Waals surface area contributed by atoms with Crippen molar-refractivity contribution in [3.63, 3.8) is 0 Å². The molecule has 0 aromatic rings. The highest BCUT2D eigenvalue weighted by Crippen LogP contribution is 1.93. The average Bonchev–Trinajstić information content (AvgIpc) is 2.27. The van der Waals surface area contributed by atoms with Gasteiger partial charge >= 0.3 is 12.2 Å². The molecule has 0 aliphatic heterocycles. The standard InChI is InChI=1S/C9H15N3O5.2CH4/c1-3-11-8(13)16-4-7(2)17-9(14)12-6-15-5-10;;/h7H,3-4,6H2,1-2H3,(H,11,13)(H,12,14);2*1H4. The zero-order valence-electron chi connectivity index (χ0n) is 9.69. The van der Waals surface area contributed by atoms with E-state index < -0.39 is 18.3 Å². The summed E-state index contributed by atoms with van der Waals surface area (Å²) in [4.78, 5) is 21.9. The Morgan fingerprint density at radius 3 is 2.42 bits per heavy atom. The zero-order chi connectivity index (χ0) is 13.1. The maximum atomic E-state index is 11.0. The van der Waals surface area contributed by atoms with Crippen LogP contribution < -0.4 is 10.6 Å². The summed E-state index contributed by atoms with van der Waals surface area (Å²) >= 11 is 0. The molecule has 8 nitrogen and oxygen atoms in total. The minimum absolute atomic E-state index is 0. The van der Waals surface area contributed by atoms with Gasteiger partial charge in [-0.25, -0.2) is 9.59 Å². The summed E-state index contributed by atoms with van der Waals surface area (Å²) in [5.74, 6) is 0. The lowest BCUT2D eigenvalue weighted by Crippen LogP contribution is -2.33. The molecule has 0 rings (SSSR count). The number of nitriles is 1. The van der Waals surface area contributed by atoms with Gasteiger partial charge in [0, 0.05) is 6.54 Å². The minimum atomic E-state index is -0.757. The van der Waals surface area contributed by atoms with Crippen LogP contribution in [-0.4, -0.2) is 38.2 Å². The first-order valence-electron chi connectivity index (χ1n) is 4.96. The van der Waals surface area contributed by atoms with E-state index in [-0.39, 0.29) is 28.2 Å². The van der Waals surface area contributed by atoms with Crippen molar-refractivity contribution in [2.75, 3.05) is 19.9 Å². The number of carbonyl (C=O) groups excluding carboxylic acids is 2. The van der Waals surface area contributed by atoms with Crippen LogP contribution in [-0.2, 0) is 14.2 Å². The van der Waals surface area contributed by atoms with Gasteiger partial charge in [-0.05, 0) is 13.8 Å². The maximum Gasteiger partial charge on any atom is 0.410 e. The van der Waals surface area contributed by atoms with Gasteiger partial charge in [-0.2, -0.15) is 5.26 Å². The number of ether oxygens (including phenoxy) is 3. The molecule has 2 N–H and O–H groups in total. The van der Waals surface area contributed by atoms with Gasteiger partial charge in [0.1, 0.15) is 12.7 Å². The third-order valence-electron chi connectivity index (χ3n) is 1.43. The minimum Gasteiger partial charge on any atom is -0.446 e. The number of amides is 2. The Hall–Kier alpha value is -2.17. The Labute approximate surface area is 114 Å². The number of rotatable bonds is 6. The van der Waals surface area contributed by atoms with Crippen LogP contribution in [0.25, 0.3) is 0 Å². The molecular weight excluding hydrogens is 254 g/mol. The maximum absolute atomic E-state index is 11.0. The smallest absolute Gasteiger partial charge is 0.410 e. The summed E-state index contributed by atoms with van der Waals surface area (Å²) in [6.45, 7) is 3.45. The van der Waals surface area contributed by atoms with Crippen LogP contribution in [0.4, 0.5) is 9.59 Å². The fourth-order valence-electron chi connectivity index (χ4n) is 0.774. The van der Waals surface area contributed by atoms with E-state index in [0.717, 1.165) is 0 Å². The van der Waals surface area contributed by atoms with Crippen molar-refractivity contribution in [3.8, 4) is 6.26 Å². The number of hydrogen-bond acceptors (Lipinski definition) is 6. The lowest BCUT2D eigenvalue weighted by atomic mass is 10.4. The Kier molecular flexibility index (Phi) is 16.1. The van der Waals surface area contributed by atoms with Crippen molar-refractivity contribution in [1.29, 1.82) is 5.26 Å². The van der Waals surface area contributed by atoms with Crippen molar-refractivity contribution in [2.45, 2.75) is 34.8 Å². The first-order valence-corrected chi connectivity index (χ1v) is 4.96. The van der Waals surface area contributed by atoms with Gasteiger partial charge in [-0.3, -0.25) is 5.32 Å². The van der Waals surface area contributed by atoms with E-state index in [2.05, 4.69) is 15.4 Å². The van der Waals surface area contributed by atoms with Crippen molar-refractivity contribution in [3.05, 3.63) is 0 Å². The highest BCUT2D eigenvalue weighted by Gasteiger charge is 2.11. The molecule has 0 aromatic carbocycles. The van der Waals surface area contributed by atoms with Gasteiger partial charge in [0.15, 0.2) is 6.73 Å². The van der Waals surface area contributed by atoms with E-state index in [9.17, 15) is 9.59 Å². The van der Waals surface area contributed by atoms with Gasteiger partial charge in [0.2, 0.25) is 0 Å². The molecule has 0 radical (unpaired) electrons. The molecule has 0 heterocycles. The van der Waals surface area contributed by atoms with Crippen LogP contribution in [0.5, 0.6) is 0 Å². The Bertz CT molecular complexity index is 291. The van der Waals surface area contributed by atoms with E-state index in [4.69, 9.17) is 14.7 Å². The fraction of sp³-hybridized carbons (Fsp3) is 0.727. The summed E-state index contributed by atoms with van der Waals surface area (Å²) in [6.07, 6.45) is -0.545. The largest absolute Gasteiger partial charge is 0.446 e. The molecule has 2 amide bonds. The number of hydrogen-bond donors (Lipinski definition) is 2. The van der Waals surface area contributed by atoms with Crippen molar-refractivity contribution < 1.29 is 23.8 Å². The van der Waals surface area contributed by atoms with Crippen molar-refractivity contribution in [2.24, 2.45) is 0 Å². The van der Waals surface area contributed by atoms with Crippen LogP contribution in [0.2, 0.25) is 0 Å². The lowest BCUT2D eigenvalue weighted by Gasteiger charge is -2.13. The predicted molar refractivity (Wildman–Crippen MR) is 69.1 cm³/mol. The number of nitrogens with one attached hydrogen (secondary N) is 2. The first kappa shape index (κ1) is 22.0.